The monoisotopic (exact) mass is 281 g/mol. The van der Waals surface area contributed by atoms with Gasteiger partial charge in [0, 0.05) is 18.3 Å². The molecule has 1 N–H and O–H groups in total. The van der Waals surface area contributed by atoms with Crippen LogP contribution in [0.5, 0.6) is 11.5 Å². The second kappa shape index (κ2) is 7.65. The Kier molecular flexibility index (Phi) is 5.86. The van der Waals surface area contributed by atoms with Crippen molar-refractivity contribution in [2.45, 2.75) is 32.4 Å². The SMILES string of the molecule is CCSCCOc1cc(CNC2CC2)ccc1OC. The van der Waals surface area contributed by atoms with Crippen molar-refractivity contribution < 1.29 is 9.47 Å². The van der Waals surface area contributed by atoms with Crippen molar-refractivity contribution in [1.29, 1.82) is 0 Å². The van der Waals surface area contributed by atoms with Crippen LogP contribution in [0.15, 0.2) is 18.2 Å². The van der Waals surface area contributed by atoms with E-state index in [1.54, 1.807) is 7.11 Å². The highest BCUT2D eigenvalue weighted by atomic mass is 32.2. The van der Waals surface area contributed by atoms with Crippen molar-refractivity contribution in [1.82, 2.24) is 5.32 Å². The van der Waals surface area contributed by atoms with Gasteiger partial charge in [0.15, 0.2) is 11.5 Å². The molecule has 0 bridgehead atoms. The fourth-order valence-electron chi connectivity index (χ4n) is 1.85. The van der Waals surface area contributed by atoms with E-state index in [0.29, 0.717) is 0 Å². The summed E-state index contributed by atoms with van der Waals surface area (Å²) in [6.07, 6.45) is 2.63. The molecule has 0 heterocycles. The Hall–Kier alpha value is -0.870. The zero-order valence-electron chi connectivity index (χ0n) is 11.8. The summed E-state index contributed by atoms with van der Waals surface area (Å²) in [6, 6.07) is 6.91. The van der Waals surface area contributed by atoms with E-state index in [0.717, 1.165) is 42.2 Å². The molecule has 0 unspecified atom stereocenters. The molecule has 2 rings (SSSR count). The highest BCUT2D eigenvalue weighted by Crippen LogP contribution is 2.28. The van der Waals surface area contributed by atoms with Crippen LogP contribution in [0, 0.1) is 0 Å². The average Bonchev–Trinajstić information content (AvgIpc) is 3.26. The van der Waals surface area contributed by atoms with Crippen LogP contribution in [-0.4, -0.2) is 31.3 Å². The predicted octanol–water partition coefficient (Wildman–Crippen LogP) is 3.08. The zero-order valence-corrected chi connectivity index (χ0v) is 12.6. The summed E-state index contributed by atoms with van der Waals surface area (Å²) in [5.41, 5.74) is 1.26. The van der Waals surface area contributed by atoms with Gasteiger partial charge in [0.1, 0.15) is 0 Å². The van der Waals surface area contributed by atoms with Gasteiger partial charge in [-0.15, -0.1) is 0 Å². The number of hydrogen-bond acceptors (Lipinski definition) is 4. The van der Waals surface area contributed by atoms with Crippen molar-refractivity contribution in [2.75, 3.05) is 25.2 Å². The fourth-order valence-corrected chi connectivity index (χ4v) is 2.34. The van der Waals surface area contributed by atoms with Gasteiger partial charge in [-0.1, -0.05) is 13.0 Å². The van der Waals surface area contributed by atoms with Crippen LogP contribution in [0.4, 0.5) is 0 Å². The van der Waals surface area contributed by atoms with Gasteiger partial charge in [-0.2, -0.15) is 11.8 Å². The zero-order chi connectivity index (χ0) is 13.5. The summed E-state index contributed by atoms with van der Waals surface area (Å²) in [5, 5.41) is 3.51. The maximum Gasteiger partial charge on any atom is 0.161 e. The molecular formula is C15H23NO2S. The van der Waals surface area contributed by atoms with Crippen molar-refractivity contribution in [2.24, 2.45) is 0 Å². The van der Waals surface area contributed by atoms with Crippen molar-refractivity contribution in [3.05, 3.63) is 23.8 Å². The Morgan fingerprint density at radius 1 is 1.32 bits per heavy atom. The van der Waals surface area contributed by atoms with Crippen molar-refractivity contribution in [3.63, 3.8) is 0 Å². The summed E-state index contributed by atoms with van der Waals surface area (Å²) >= 11 is 1.89. The van der Waals surface area contributed by atoms with Gasteiger partial charge in [0.25, 0.3) is 0 Å². The maximum absolute atomic E-state index is 5.82. The van der Waals surface area contributed by atoms with E-state index in [4.69, 9.17) is 9.47 Å². The third-order valence-corrected chi connectivity index (χ3v) is 3.95. The molecule has 4 heteroatoms. The number of nitrogens with one attached hydrogen (secondary N) is 1. The summed E-state index contributed by atoms with van der Waals surface area (Å²) in [5.74, 6) is 3.82. The van der Waals surface area contributed by atoms with Crippen LogP contribution in [0.25, 0.3) is 0 Å². The highest BCUT2D eigenvalue weighted by molar-refractivity contribution is 7.99. The Labute approximate surface area is 120 Å². The van der Waals surface area contributed by atoms with E-state index in [-0.39, 0.29) is 0 Å². The molecule has 0 amide bonds. The lowest BCUT2D eigenvalue weighted by Gasteiger charge is -2.12. The van der Waals surface area contributed by atoms with Gasteiger partial charge in [-0.25, -0.2) is 0 Å². The lowest BCUT2D eigenvalue weighted by molar-refractivity contribution is 0.313. The topological polar surface area (TPSA) is 30.5 Å². The molecule has 1 aromatic rings. The highest BCUT2D eigenvalue weighted by Gasteiger charge is 2.20. The maximum atomic E-state index is 5.82. The van der Waals surface area contributed by atoms with Gasteiger partial charge in [0.2, 0.25) is 0 Å². The van der Waals surface area contributed by atoms with Crippen molar-refractivity contribution >= 4 is 11.8 Å². The first-order chi connectivity index (χ1) is 9.33. The third-order valence-electron chi connectivity index (χ3n) is 3.09. The number of hydrogen-bond donors (Lipinski definition) is 1. The molecule has 1 aliphatic rings. The predicted molar refractivity (Wildman–Crippen MR) is 81.3 cm³/mol. The quantitative estimate of drug-likeness (QED) is 0.705. The second-order valence-corrected chi connectivity index (χ2v) is 6.08. The van der Waals surface area contributed by atoms with Crippen LogP contribution >= 0.6 is 11.8 Å². The normalized spacial score (nSPS) is 14.4. The minimum absolute atomic E-state index is 0.729. The largest absolute Gasteiger partial charge is 0.493 e. The summed E-state index contributed by atoms with van der Waals surface area (Å²) in [4.78, 5) is 0. The minimum Gasteiger partial charge on any atom is -0.493 e. The number of thioether (sulfide) groups is 1. The molecule has 1 aliphatic carbocycles. The summed E-state index contributed by atoms with van der Waals surface area (Å²) in [6.45, 7) is 3.80. The average molecular weight is 281 g/mol. The van der Waals surface area contributed by atoms with Gasteiger partial charge >= 0.3 is 0 Å². The first-order valence-corrected chi connectivity index (χ1v) is 8.09. The Balaban J connectivity index is 1.90. The molecule has 0 aliphatic heterocycles. The first-order valence-electron chi connectivity index (χ1n) is 6.94. The van der Waals surface area contributed by atoms with Crippen LogP contribution in [0.2, 0.25) is 0 Å². The Morgan fingerprint density at radius 2 is 2.16 bits per heavy atom. The van der Waals surface area contributed by atoms with E-state index in [1.807, 2.05) is 17.8 Å². The standard InChI is InChI=1S/C15H23NO2S/c1-3-19-9-8-18-15-10-12(4-7-14(15)17-2)11-16-13-5-6-13/h4,7,10,13,16H,3,5-6,8-9,11H2,1-2H3. The molecule has 0 spiro atoms. The van der Waals surface area contributed by atoms with Crippen LogP contribution in [0.3, 0.4) is 0 Å². The summed E-state index contributed by atoms with van der Waals surface area (Å²) in [7, 11) is 1.69. The second-order valence-electron chi connectivity index (χ2n) is 4.69. The molecule has 0 atom stereocenters. The molecule has 3 nitrogen and oxygen atoms in total. The number of benzene rings is 1. The third kappa shape index (κ3) is 4.96. The van der Waals surface area contributed by atoms with Crippen molar-refractivity contribution in [3.8, 4) is 11.5 Å². The summed E-state index contributed by atoms with van der Waals surface area (Å²) < 4.78 is 11.2. The fraction of sp³-hybridized carbons (Fsp3) is 0.600. The van der Waals surface area contributed by atoms with Gasteiger partial charge in [0.05, 0.1) is 13.7 Å². The van der Waals surface area contributed by atoms with Gasteiger partial charge in [-0.3, -0.25) is 0 Å². The Bertz CT molecular complexity index is 394. The number of methoxy groups -OCH3 is 1. The first kappa shape index (κ1) is 14.5. The lowest BCUT2D eigenvalue weighted by atomic mass is 10.2. The van der Waals surface area contributed by atoms with E-state index in [1.165, 1.54) is 18.4 Å². The Morgan fingerprint density at radius 3 is 2.84 bits per heavy atom. The molecule has 0 aromatic heterocycles. The van der Waals surface area contributed by atoms with Crippen LogP contribution in [-0.2, 0) is 6.54 Å². The molecule has 19 heavy (non-hydrogen) atoms. The van der Waals surface area contributed by atoms with Gasteiger partial charge < -0.3 is 14.8 Å². The van der Waals surface area contributed by atoms with E-state index < -0.39 is 0 Å². The molecule has 1 fully saturated rings. The smallest absolute Gasteiger partial charge is 0.161 e. The minimum atomic E-state index is 0.729. The molecule has 0 saturated heterocycles. The molecular weight excluding hydrogens is 258 g/mol. The molecule has 1 saturated carbocycles. The molecule has 106 valence electrons. The number of rotatable bonds is 9. The lowest BCUT2D eigenvalue weighted by Crippen LogP contribution is -2.15. The molecule has 1 aromatic carbocycles. The number of ether oxygens (including phenoxy) is 2. The molecule has 0 radical (unpaired) electrons. The van der Waals surface area contributed by atoms with Gasteiger partial charge in [-0.05, 0) is 36.3 Å². The van der Waals surface area contributed by atoms with E-state index >= 15 is 0 Å². The van der Waals surface area contributed by atoms with E-state index in [9.17, 15) is 0 Å². The van der Waals surface area contributed by atoms with Crippen LogP contribution in [0.1, 0.15) is 25.3 Å². The van der Waals surface area contributed by atoms with E-state index in [2.05, 4.69) is 24.4 Å². The van der Waals surface area contributed by atoms with Crippen LogP contribution < -0.4 is 14.8 Å².